The number of H-pyrrole nitrogens is 1. The van der Waals surface area contributed by atoms with E-state index < -0.39 is 9.84 Å². The van der Waals surface area contributed by atoms with E-state index in [1.807, 2.05) is 19.2 Å². The predicted molar refractivity (Wildman–Crippen MR) is 81.4 cm³/mol. The molecule has 0 spiro atoms. The molecule has 2 heterocycles. The van der Waals surface area contributed by atoms with E-state index in [1.54, 1.807) is 0 Å². The van der Waals surface area contributed by atoms with Crippen LogP contribution in [0.15, 0.2) is 30.5 Å². The summed E-state index contributed by atoms with van der Waals surface area (Å²) in [7, 11) is -2.90. The lowest BCUT2D eigenvalue weighted by molar-refractivity contribution is 0.284. The maximum Gasteiger partial charge on any atom is 0.154 e. The van der Waals surface area contributed by atoms with E-state index in [0.29, 0.717) is 6.54 Å². The molecule has 1 saturated heterocycles. The highest BCUT2D eigenvalue weighted by Crippen LogP contribution is 2.21. The van der Waals surface area contributed by atoms with Crippen molar-refractivity contribution in [1.29, 1.82) is 0 Å². The standard InChI is InChI=1S/C15H20N2O2S/c1-12-6-8-17(9-10-20(12,18)19)11-13-3-2-4-15-14(13)5-7-16-15/h2-5,7,12,16H,6,8-11H2,1H3/t12-/m1/s1. The van der Waals surface area contributed by atoms with Crippen LogP contribution in [0.25, 0.3) is 10.9 Å². The molecule has 0 aliphatic carbocycles. The summed E-state index contributed by atoms with van der Waals surface area (Å²) in [6, 6.07) is 8.32. The number of benzene rings is 1. The fraction of sp³-hybridized carbons (Fsp3) is 0.467. The molecule has 1 atom stereocenters. The van der Waals surface area contributed by atoms with Gasteiger partial charge < -0.3 is 4.98 Å². The van der Waals surface area contributed by atoms with Gasteiger partial charge in [0.1, 0.15) is 0 Å². The Morgan fingerprint density at radius 3 is 3.00 bits per heavy atom. The maximum atomic E-state index is 11.9. The van der Waals surface area contributed by atoms with Crippen molar-refractivity contribution in [2.45, 2.75) is 25.1 Å². The lowest BCUT2D eigenvalue weighted by atomic mass is 10.1. The first-order valence-electron chi connectivity index (χ1n) is 7.05. The summed E-state index contributed by atoms with van der Waals surface area (Å²) in [6.45, 7) is 4.12. The van der Waals surface area contributed by atoms with Crippen LogP contribution in [-0.2, 0) is 16.4 Å². The van der Waals surface area contributed by atoms with Crippen molar-refractivity contribution in [1.82, 2.24) is 9.88 Å². The molecule has 3 rings (SSSR count). The van der Waals surface area contributed by atoms with Crippen LogP contribution >= 0.6 is 0 Å². The van der Waals surface area contributed by atoms with Crippen molar-refractivity contribution >= 4 is 20.7 Å². The van der Waals surface area contributed by atoms with Gasteiger partial charge in [0.15, 0.2) is 9.84 Å². The molecule has 4 nitrogen and oxygen atoms in total. The van der Waals surface area contributed by atoms with Crippen LogP contribution < -0.4 is 0 Å². The highest BCUT2D eigenvalue weighted by atomic mass is 32.2. The first-order valence-corrected chi connectivity index (χ1v) is 8.77. The third-order valence-electron chi connectivity index (χ3n) is 4.24. The van der Waals surface area contributed by atoms with Gasteiger partial charge in [0.05, 0.1) is 11.0 Å². The van der Waals surface area contributed by atoms with Crippen LogP contribution in [0.5, 0.6) is 0 Å². The number of rotatable bonds is 2. The van der Waals surface area contributed by atoms with E-state index in [0.717, 1.165) is 25.0 Å². The molecular weight excluding hydrogens is 272 g/mol. The van der Waals surface area contributed by atoms with Crippen molar-refractivity contribution in [2.75, 3.05) is 18.8 Å². The summed E-state index contributed by atoms with van der Waals surface area (Å²) in [6.07, 6.45) is 2.68. The van der Waals surface area contributed by atoms with E-state index in [-0.39, 0.29) is 11.0 Å². The van der Waals surface area contributed by atoms with E-state index in [2.05, 4.69) is 28.1 Å². The Kier molecular flexibility index (Phi) is 3.56. The number of sulfone groups is 1. The summed E-state index contributed by atoms with van der Waals surface area (Å²) < 4.78 is 23.9. The van der Waals surface area contributed by atoms with Gasteiger partial charge >= 0.3 is 0 Å². The van der Waals surface area contributed by atoms with Crippen LogP contribution in [0, 0.1) is 0 Å². The second-order valence-electron chi connectivity index (χ2n) is 5.60. The number of nitrogens with one attached hydrogen (secondary N) is 1. The lowest BCUT2D eigenvalue weighted by Crippen LogP contribution is -2.26. The van der Waals surface area contributed by atoms with Gasteiger partial charge in [-0.25, -0.2) is 8.42 Å². The fourth-order valence-electron chi connectivity index (χ4n) is 2.80. The molecule has 1 aliphatic heterocycles. The molecule has 0 bridgehead atoms. The van der Waals surface area contributed by atoms with Gasteiger partial charge in [0.25, 0.3) is 0 Å². The van der Waals surface area contributed by atoms with Crippen LogP contribution in [0.4, 0.5) is 0 Å². The second kappa shape index (κ2) is 5.22. The minimum Gasteiger partial charge on any atom is -0.361 e. The third-order valence-corrected chi connectivity index (χ3v) is 6.45. The Labute approximate surface area is 119 Å². The lowest BCUT2D eigenvalue weighted by Gasteiger charge is -2.19. The summed E-state index contributed by atoms with van der Waals surface area (Å²) in [5, 5.41) is 1.02. The molecule has 1 N–H and O–H groups in total. The number of hydrogen-bond donors (Lipinski definition) is 1. The van der Waals surface area contributed by atoms with Crippen LogP contribution in [0.3, 0.4) is 0 Å². The third kappa shape index (κ3) is 2.60. The molecular formula is C15H20N2O2S. The maximum absolute atomic E-state index is 11.9. The van der Waals surface area contributed by atoms with Gasteiger partial charge in [-0.1, -0.05) is 12.1 Å². The highest BCUT2D eigenvalue weighted by molar-refractivity contribution is 7.92. The van der Waals surface area contributed by atoms with Gasteiger partial charge in [-0.05, 0) is 37.6 Å². The van der Waals surface area contributed by atoms with Crippen LogP contribution in [-0.4, -0.2) is 42.4 Å². The molecule has 108 valence electrons. The van der Waals surface area contributed by atoms with Crippen molar-refractivity contribution < 1.29 is 8.42 Å². The smallest absolute Gasteiger partial charge is 0.154 e. The number of aromatic nitrogens is 1. The molecule has 1 aliphatic rings. The largest absolute Gasteiger partial charge is 0.361 e. The van der Waals surface area contributed by atoms with Gasteiger partial charge in [-0.15, -0.1) is 0 Å². The van der Waals surface area contributed by atoms with Gasteiger partial charge in [-0.2, -0.15) is 0 Å². The van der Waals surface area contributed by atoms with E-state index in [9.17, 15) is 8.42 Å². The Bertz CT molecular complexity index is 705. The molecule has 5 heteroatoms. The van der Waals surface area contributed by atoms with Crippen LogP contribution in [0.1, 0.15) is 18.9 Å². The van der Waals surface area contributed by atoms with Crippen molar-refractivity contribution in [2.24, 2.45) is 0 Å². The minimum absolute atomic E-state index is 0.212. The van der Waals surface area contributed by atoms with E-state index in [4.69, 9.17) is 0 Å². The van der Waals surface area contributed by atoms with E-state index >= 15 is 0 Å². The molecule has 1 aromatic heterocycles. The number of fused-ring (bicyclic) bond motifs is 1. The zero-order chi connectivity index (χ0) is 14.2. The average molecular weight is 292 g/mol. The number of aromatic amines is 1. The average Bonchev–Trinajstić information content (AvgIpc) is 2.86. The SMILES string of the molecule is C[C@@H]1CCN(Cc2cccc3[nH]ccc23)CCS1(=O)=O. The van der Waals surface area contributed by atoms with E-state index in [1.165, 1.54) is 10.9 Å². The predicted octanol–water partition coefficient (Wildman–Crippen LogP) is 2.18. The highest BCUT2D eigenvalue weighted by Gasteiger charge is 2.26. The quantitative estimate of drug-likeness (QED) is 0.923. The Morgan fingerprint density at radius 1 is 1.30 bits per heavy atom. The molecule has 20 heavy (non-hydrogen) atoms. The minimum atomic E-state index is -2.90. The first-order chi connectivity index (χ1) is 9.56. The summed E-state index contributed by atoms with van der Waals surface area (Å²) in [4.78, 5) is 5.47. The molecule has 1 fully saturated rings. The summed E-state index contributed by atoms with van der Waals surface area (Å²) in [5.74, 6) is 0.275. The van der Waals surface area contributed by atoms with Crippen molar-refractivity contribution in [3.8, 4) is 0 Å². The number of hydrogen-bond acceptors (Lipinski definition) is 3. The van der Waals surface area contributed by atoms with Crippen molar-refractivity contribution in [3.05, 3.63) is 36.0 Å². The van der Waals surface area contributed by atoms with Gasteiger partial charge in [0.2, 0.25) is 0 Å². The number of nitrogens with zero attached hydrogens (tertiary/aromatic N) is 1. The Hall–Kier alpha value is -1.33. The van der Waals surface area contributed by atoms with Crippen molar-refractivity contribution in [3.63, 3.8) is 0 Å². The molecule has 0 radical (unpaired) electrons. The second-order valence-corrected chi connectivity index (χ2v) is 8.14. The molecule has 1 aromatic carbocycles. The summed E-state index contributed by atoms with van der Waals surface area (Å²) in [5.41, 5.74) is 2.40. The summed E-state index contributed by atoms with van der Waals surface area (Å²) >= 11 is 0. The fourth-order valence-corrected chi connectivity index (χ4v) is 4.18. The molecule has 0 unspecified atom stereocenters. The molecule has 2 aromatic rings. The van der Waals surface area contributed by atoms with Gasteiger partial charge in [-0.3, -0.25) is 4.90 Å². The zero-order valence-electron chi connectivity index (χ0n) is 11.7. The molecule has 0 saturated carbocycles. The first kappa shape index (κ1) is 13.6. The topological polar surface area (TPSA) is 53.2 Å². The van der Waals surface area contributed by atoms with Gasteiger partial charge in [0, 0.05) is 30.2 Å². The molecule has 0 amide bonds. The normalized spacial score (nSPS) is 23.8. The zero-order valence-corrected chi connectivity index (χ0v) is 12.5. The Morgan fingerprint density at radius 2 is 2.15 bits per heavy atom. The Balaban J connectivity index is 1.80. The monoisotopic (exact) mass is 292 g/mol. The van der Waals surface area contributed by atoms with Crippen LogP contribution in [0.2, 0.25) is 0 Å².